The highest BCUT2D eigenvalue weighted by molar-refractivity contribution is 7.22. The van der Waals surface area contributed by atoms with Gasteiger partial charge in [0.25, 0.3) is 0 Å². The maximum Gasteiger partial charge on any atom is 0.307 e. The fourth-order valence-electron chi connectivity index (χ4n) is 5.48. The lowest BCUT2D eigenvalue weighted by Crippen LogP contribution is -2.08. The van der Waals surface area contributed by atoms with Crippen LogP contribution in [0.4, 0.5) is 5.69 Å². The lowest BCUT2D eigenvalue weighted by molar-refractivity contribution is -0.136. The molecule has 40 heavy (non-hydrogen) atoms. The standard InChI is InChI=1S/C33H29N3O3S/c1-19-13-28-32(31(26(19)17-30(37)38)23-9-11-29-22(16-23)7-4-12-39-29)40-33(36-28)24-6-3-5-20(14-24)21-8-10-27(35-2)25(15-21)18-34/h3,5-6,8-11,13-16,18,34-35H,4,7,12,17H2,1-2H3,(H,37,38). The van der Waals surface area contributed by atoms with E-state index in [-0.39, 0.29) is 6.42 Å². The summed E-state index contributed by atoms with van der Waals surface area (Å²) in [7, 11) is 1.85. The number of aryl methyl sites for hydroxylation is 2. The molecule has 5 aromatic rings. The number of fused-ring (bicyclic) bond motifs is 2. The lowest BCUT2D eigenvalue weighted by atomic mass is 9.91. The van der Waals surface area contributed by atoms with Crippen LogP contribution in [0.15, 0.2) is 66.7 Å². The molecule has 0 unspecified atom stereocenters. The van der Waals surface area contributed by atoms with Gasteiger partial charge < -0.3 is 20.6 Å². The minimum Gasteiger partial charge on any atom is -0.493 e. The van der Waals surface area contributed by atoms with Gasteiger partial charge >= 0.3 is 5.97 Å². The van der Waals surface area contributed by atoms with Crippen molar-refractivity contribution in [2.24, 2.45) is 0 Å². The highest BCUT2D eigenvalue weighted by Crippen LogP contribution is 2.42. The number of aliphatic carboxylic acids is 1. The number of hydrogen-bond acceptors (Lipinski definition) is 6. The van der Waals surface area contributed by atoms with Gasteiger partial charge in [0.05, 0.1) is 23.2 Å². The fourth-order valence-corrected chi connectivity index (χ4v) is 6.61. The molecule has 4 aromatic carbocycles. The first kappa shape index (κ1) is 25.8. The number of carbonyl (C=O) groups is 1. The SMILES string of the molecule is CNc1ccc(-c2cccc(-c3nc4cc(C)c(CC(=O)O)c(-c5ccc6c(c5)CCCO6)c4s3)c2)cc1C=N. The number of rotatable bonds is 7. The van der Waals surface area contributed by atoms with Crippen LogP contribution in [-0.4, -0.2) is 35.9 Å². The number of nitrogens with one attached hydrogen (secondary N) is 2. The van der Waals surface area contributed by atoms with E-state index in [1.54, 1.807) is 11.3 Å². The van der Waals surface area contributed by atoms with E-state index in [0.29, 0.717) is 0 Å². The van der Waals surface area contributed by atoms with E-state index in [1.807, 2.05) is 50.4 Å². The van der Waals surface area contributed by atoms with Gasteiger partial charge in [-0.3, -0.25) is 4.79 Å². The summed E-state index contributed by atoms with van der Waals surface area (Å²) in [6, 6.07) is 22.5. The molecule has 0 aliphatic carbocycles. The van der Waals surface area contributed by atoms with Gasteiger partial charge in [0.2, 0.25) is 0 Å². The third-order valence-corrected chi connectivity index (χ3v) is 8.59. The maximum absolute atomic E-state index is 11.9. The Kier molecular flexibility index (Phi) is 6.82. The summed E-state index contributed by atoms with van der Waals surface area (Å²) in [5.41, 5.74) is 10.5. The van der Waals surface area contributed by atoms with Crippen LogP contribution in [0.2, 0.25) is 0 Å². The number of benzene rings is 4. The molecule has 0 saturated carbocycles. The minimum absolute atomic E-state index is 0.0502. The Hall–Kier alpha value is -4.49. The molecule has 0 amide bonds. The van der Waals surface area contributed by atoms with Crippen LogP contribution in [0, 0.1) is 12.3 Å². The highest BCUT2D eigenvalue weighted by atomic mass is 32.1. The molecule has 0 atom stereocenters. The molecule has 0 spiro atoms. The molecular weight excluding hydrogens is 518 g/mol. The topological polar surface area (TPSA) is 95.3 Å². The Morgan fingerprint density at radius 3 is 2.67 bits per heavy atom. The van der Waals surface area contributed by atoms with Crippen LogP contribution < -0.4 is 10.1 Å². The van der Waals surface area contributed by atoms with Crippen LogP contribution in [0.5, 0.6) is 5.75 Å². The molecule has 0 bridgehead atoms. The number of carboxylic acids is 1. The average Bonchev–Trinajstić information content (AvgIpc) is 3.40. The van der Waals surface area contributed by atoms with E-state index in [0.717, 1.165) is 96.2 Å². The molecule has 0 saturated heterocycles. The number of anilines is 1. The molecule has 7 heteroatoms. The van der Waals surface area contributed by atoms with Crippen molar-refractivity contribution in [2.75, 3.05) is 19.0 Å². The zero-order chi connectivity index (χ0) is 27.8. The molecule has 0 radical (unpaired) electrons. The van der Waals surface area contributed by atoms with Crippen LogP contribution in [0.25, 0.3) is 43.0 Å². The van der Waals surface area contributed by atoms with E-state index in [2.05, 4.69) is 35.6 Å². The first-order valence-corrected chi connectivity index (χ1v) is 14.1. The second kappa shape index (κ2) is 10.6. The molecule has 1 aromatic heterocycles. The molecule has 200 valence electrons. The Morgan fingerprint density at radius 1 is 1.07 bits per heavy atom. The molecular formula is C33H29N3O3S. The van der Waals surface area contributed by atoms with Crippen LogP contribution >= 0.6 is 11.3 Å². The number of nitrogens with zero attached hydrogens (tertiary/aromatic N) is 1. The second-order valence-corrected chi connectivity index (χ2v) is 11.0. The first-order valence-electron chi connectivity index (χ1n) is 13.3. The molecule has 0 fully saturated rings. The summed E-state index contributed by atoms with van der Waals surface area (Å²) in [6.07, 6.45) is 3.23. The van der Waals surface area contributed by atoms with Crippen LogP contribution in [0.3, 0.4) is 0 Å². The van der Waals surface area contributed by atoms with Gasteiger partial charge in [0, 0.05) is 35.6 Å². The number of thiazole rings is 1. The van der Waals surface area contributed by atoms with Crippen molar-refractivity contribution < 1.29 is 14.6 Å². The Balaban J connectivity index is 1.49. The van der Waals surface area contributed by atoms with Crippen molar-refractivity contribution in [3.05, 3.63) is 89.0 Å². The zero-order valence-corrected chi connectivity index (χ0v) is 23.2. The minimum atomic E-state index is -0.851. The molecule has 1 aliphatic rings. The number of hydrogen-bond donors (Lipinski definition) is 3. The Bertz CT molecular complexity index is 1790. The van der Waals surface area contributed by atoms with Gasteiger partial charge in [-0.15, -0.1) is 11.3 Å². The van der Waals surface area contributed by atoms with Gasteiger partial charge in [0.1, 0.15) is 10.8 Å². The van der Waals surface area contributed by atoms with Gasteiger partial charge in [-0.1, -0.05) is 30.3 Å². The van der Waals surface area contributed by atoms with Crippen LogP contribution in [-0.2, 0) is 17.6 Å². The molecule has 3 N–H and O–H groups in total. The number of ether oxygens (including phenoxy) is 1. The Morgan fingerprint density at radius 2 is 1.88 bits per heavy atom. The predicted octanol–water partition coefficient (Wildman–Crippen LogP) is 7.60. The van der Waals surface area contributed by atoms with Gasteiger partial charge in [-0.05, 0) is 89.5 Å². The number of carboxylic acid groups (broad SMARTS) is 1. The summed E-state index contributed by atoms with van der Waals surface area (Å²) < 4.78 is 6.83. The third-order valence-electron chi connectivity index (χ3n) is 7.46. The van der Waals surface area contributed by atoms with E-state index in [1.165, 1.54) is 6.21 Å². The third kappa shape index (κ3) is 4.73. The zero-order valence-electron chi connectivity index (χ0n) is 22.4. The van der Waals surface area contributed by atoms with Gasteiger partial charge in [-0.2, -0.15) is 0 Å². The van der Waals surface area contributed by atoms with Crippen molar-refractivity contribution in [1.29, 1.82) is 5.41 Å². The van der Waals surface area contributed by atoms with Crippen molar-refractivity contribution >= 4 is 39.4 Å². The van der Waals surface area contributed by atoms with Crippen molar-refractivity contribution in [1.82, 2.24) is 4.98 Å². The van der Waals surface area contributed by atoms with Crippen molar-refractivity contribution in [3.8, 4) is 38.6 Å². The lowest BCUT2D eigenvalue weighted by Gasteiger charge is -2.19. The quantitative estimate of drug-likeness (QED) is 0.182. The van der Waals surface area contributed by atoms with Gasteiger partial charge in [-0.25, -0.2) is 4.98 Å². The Labute approximate surface area is 236 Å². The molecule has 1 aliphatic heterocycles. The summed E-state index contributed by atoms with van der Waals surface area (Å²) in [4.78, 5) is 16.9. The van der Waals surface area contributed by atoms with Crippen molar-refractivity contribution in [3.63, 3.8) is 0 Å². The summed E-state index contributed by atoms with van der Waals surface area (Å²) >= 11 is 1.60. The van der Waals surface area contributed by atoms with E-state index >= 15 is 0 Å². The van der Waals surface area contributed by atoms with E-state index in [9.17, 15) is 9.90 Å². The van der Waals surface area contributed by atoms with Crippen molar-refractivity contribution in [2.45, 2.75) is 26.2 Å². The highest BCUT2D eigenvalue weighted by Gasteiger charge is 2.21. The average molecular weight is 548 g/mol. The van der Waals surface area contributed by atoms with Gasteiger partial charge in [0.15, 0.2) is 0 Å². The summed E-state index contributed by atoms with van der Waals surface area (Å²) in [5.74, 6) is 0.0606. The molecule has 2 heterocycles. The van der Waals surface area contributed by atoms with E-state index in [4.69, 9.17) is 15.1 Å². The smallest absolute Gasteiger partial charge is 0.307 e. The monoisotopic (exact) mass is 547 g/mol. The number of aromatic nitrogens is 1. The largest absolute Gasteiger partial charge is 0.493 e. The summed E-state index contributed by atoms with van der Waals surface area (Å²) in [5, 5.41) is 21.6. The predicted molar refractivity (Wildman–Crippen MR) is 163 cm³/mol. The summed E-state index contributed by atoms with van der Waals surface area (Å²) in [6.45, 7) is 2.70. The molecule has 6 nitrogen and oxygen atoms in total. The van der Waals surface area contributed by atoms with Crippen LogP contribution in [0.1, 0.15) is 28.7 Å². The first-order chi connectivity index (χ1) is 19.4. The molecule has 6 rings (SSSR count). The second-order valence-electron chi connectivity index (χ2n) is 10.0. The maximum atomic E-state index is 11.9. The fraction of sp³-hybridized carbons (Fsp3) is 0.182. The van der Waals surface area contributed by atoms with E-state index < -0.39 is 5.97 Å². The normalized spacial score (nSPS) is 12.6.